The number of benzene rings is 1. The van der Waals surface area contributed by atoms with E-state index >= 15 is 0 Å². The summed E-state index contributed by atoms with van der Waals surface area (Å²) in [6.07, 6.45) is -10.3. The van der Waals surface area contributed by atoms with E-state index in [1.165, 1.54) is 24.5 Å². The summed E-state index contributed by atoms with van der Waals surface area (Å²) < 4.78 is 100. The molecular weight excluding hydrogens is 487 g/mol. The number of methoxy groups -OCH3 is 1. The molecule has 0 aliphatic heterocycles. The van der Waals surface area contributed by atoms with Gasteiger partial charge in [-0.1, -0.05) is 17.7 Å². The minimum Gasteiger partial charge on any atom is -0.545 e. The number of aromatic nitrogens is 3. The zero-order valence-corrected chi connectivity index (χ0v) is 17.1. The Kier molecular flexibility index (Phi) is 6.24. The quantitative estimate of drug-likeness (QED) is 0.476. The first-order valence-corrected chi connectivity index (χ1v) is 9.17. The van der Waals surface area contributed by atoms with Gasteiger partial charge in [-0.25, -0.2) is 9.07 Å². The third-order valence-electron chi connectivity index (χ3n) is 4.69. The third kappa shape index (κ3) is 4.17. The molecule has 0 bridgehead atoms. The van der Waals surface area contributed by atoms with Gasteiger partial charge in [-0.3, -0.25) is 0 Å². The Morgan fingerprint density at radius 3 is 2.24 bits per heavy atom. The molecular formula is C19H12ClF7N3O3-. The molecule has 3 rings (SSSR count). The van der Waals surface area contributed by atoms with E-state index in [0.717, 1.165) is 23.9 Å². The molecule has 0 spiro atoms. The van der Waals surface area contributed by atoms with E-state index in [0.29, 0.717) is 10.6 Å². The Morgan fingerprint density at radius 2 is 1.70 bits per heavy atom. The van der Waals surface area contributed by atoms with Gasteiger partial charge >= 0.3 is 18.0 Å². The van der Waals surface area contributed by atoms with Crippen LogP contribution in [0.15, 0.2) is 42.7 Å². The van der Waals surface area contributed by atoms with Crippen molar-refractivity contribution in [2.24, 2.45) is 0 Å². The average Bonchev–Trinajstić information content (AvgIpc) is 3.33. The van der Waals surface area contributed by atoms with E-state index < -0.39 is 36.4 Å². The molecule has 0 radical (unpaired) electrons. The molecule has 0 unspecified atom stereocenters. The molecule has 0 saturated heterocycles. The number of halogens is 8. The van der Waals surface area contributed by atoms with Crippen molar-refractivity contribution >= 4 is 17.6 Å². The summed E-state index contributed by atoms with van der Waals surface area (Å²) in [5, 5.41) is 14.9. The van der Waals surface area contributed by atoms with Crippen molar-refractivity contribution in [3.63, 3.8) is 0 Å². The number of carboxylic acid groups (broad SMARTS) is 1. The first-order valence-electron chi connectivity index (χ1n) is 8.80. The maximum Gasteiger partial charge on any atom is 0.437 e. The number of carboxylic acids is 1. The Labute approximate surface area is 185 Å². The first-order chi connectivity index (χ1) is 15.2. The van der Waals surface area contributed by atoms with Crippen molar-refractivity contribution in [2.45, 2.75) is 24.8 Å². The molecule has 0 fully saturated rings. The lowest BCUT2D eigenvalue weighted by atomic mass is 10.0. The number of rotatable bonds is 6. The van der Waals surface area contributed by atoms with Gasteiger partial charge in [0.15, 0.2) is 0 Å². The van der Waals surface area contributed by atoms with Crippen LogP contribution in [0.2, 0.25) is 5.02 Å². The Hall–Kier alpha value is -3.06. The van der Waals surface area contributed by atoms with Crippen LogP contribution in [0.5, 0.6) is 0 Å². The fourth-order valence-electron chi connectivity index (χ4n) is 3.13. The topological polar surface area (TPSA) is 72.1 Å². The Morgan fingerprint density at radius 1 is 1.06 bits per heavy atom. The lowest BCUT2D eigenvalue weighted by Crippen LogP contribution is -2.51. The minimum atomic E-state index is -6.31. The fraction of sp³-hybridized carbons (Fsp3) is 0.263. The maximum atomic E-state index is 14.6. The normalized spacial score (nSPS) is 12.9. The molecule has 1 aromatic carbocycles. The molecule has 33 heavy (non-hydrogen) atoms. The zero-order chi connectivity index (χ0) is 24.8. The van der Waals surface area contributed by atoms with Crippen LogP contribution in [0.3, 0.4) is 0 Å². The van der Waals surface area contributed by atoms with Crippen LogP contribution in [0.4, 0.5) is 30.7 Å². The lowest BCUT2D eigenvalue weighted by Gasteiger charge is -2.31. The molecule has 2 heterocycles. The van der Waals surface area contributed by atoms with Crippen molar-refractivity contribution < 1.29 is 45.4 Å². The maximum absolute atomic E-state index is 14.6. The van der Waals surface area contributed by atoms with Gasteiger partial charge in [0, 0.05) is 29.5 Å². The second-order valence-corrected chi connectivity index (χ2v) is 7.14. The van der Waals surface area contributed by atoms with Crippen molar-refractivity contribution in [3.8, 4) is 16.9 Å². The minimum absolute atomic E-state index is 0.108. The highest BCUT2D eigenvalue weighted by atomic mass is 35.5. The van der Waals surface area contributed by atoms with Gasteiger partial charge in [-0.05, 0) is 29.8 Å². The number of aromatic carboxylic acids is 1. The molecule has 0 atom stereocenters. The second-order valence-electron chi connectivity index (χ2n) is 6.73. The predicted molar refractivity (Wildman–Crippen MR) is 98.2 cm³/mol. The van der Waals surface area contributed by atoms with Gasteiger partial charge in [-0.2, -0.15) is 31.4 Å². The number of ether oxygens (including phenoxy) is 1. The number of carbonyl (C=O) groups is 1. The summed E-state index contributed by atoms with van der Waals surface area (Å²) >= 11 is 5.78. The van der Waals surface area contributed by atoms with Crippen LogP contribution < -0.4 is 5.11 Å². The van der Waals surface area contributed by atoms with Crippen LogP contribution in [-0.4, -0.2) is 39.8 Å². The first kappa shape index (κ1) is 24.6. The Balaban J connectivity index is 2.14. The number of hydrogen-bond donors (Lipinski definition) is 0. The zero-order valence-electron chi connectivity index (χ0n) is 16.3. The molecule has 0 aliphatic carbocycles. The van der Waals surface area contributed by atoms with Crippen molar-refractivity contribution in [3.05, 3.63) is 59.0 Å². The highest BCUT2D eigenvalue weighted by Gasteiger charge is 2.74. The van der Waals surface area contributed by atoms with E-state index in [1.807, 2.05) is 0 Å². The number of nitrogens with zero attached hydrogens (tertiary/aromatic N) is 3. The van der Waals surface area contributed by atoms with Crippen molar-refractivity contribution in [1.29, 1.82) is 0 Å². The van der Waals surface area contributed by atoms with Crippen molar-refractivity contribution in [1.82, 2.24) is 14.3 Å². The van der Waals surface area contributed by atoms with Crippen LogP contribution in [0, 0.1) is 0 Å². The summed E-state index contributed by atoms with van der Waals surface area (Å²) in [7, 11) is 0.998. The average molecular weight is 499 g/mol. The van der Waals surface area contributed by atoms with Gasteiger partial charge in [0.25, 0.3) is 0 Å². The molecule has 3 aromatic rings. The van der Waals surface area contributed by atoms with E-state index in [1.54, 1.807) is 0 Å². The lowest BCUT2D eigenvalue weighted by molar-refractivity contribution is -0.351. The molecule has 6 nitrogen and oxygen atoms in total. The van der Waals surface area contributed by atoms with Gasteiger partial charge in [0.1, 0.15) is 12.5 Å². The highest BCUT2D eigenvalue weighted by molar-refractivity contribution is 6.33. The van der Waals surface area contributed by atoms with Crippen LogP contribution in [0.25, 0.3) is 16.9 Å². The monoisotopic (exact) mass is 498 g/mol. The smallest absolute Gasteiger partial charge is 0.437 e. The predicted octanol–water partition coefficient (Wildman–Crippen LogP) is 4.25. The van der Waals surface area contributed by atoms with Gasteiger partial charge in [0.2, 0.25) is 0 Å². The molecule has 178 valence electrons. The third-order valence-corrected chi connectivity index (χ3v) is 5.02. The van der Waals surface area contributed by atoms with E-state index in [2.05, 4.69) is 9.84 Å². The highest BCUT2D eigenvalue weighted by Crippen LogP contribution is 2.53. The SMILES string of the molecule is COCn1c(-n2cc(-c3ccc(Cl)c(C(=O)[O-])c3)cn2)ccc1C(F)(C(F)(F)F)C(F)(F)F. The fourth-order valence-corrected chi connectivity index (χ4v) is 3.33. The molecule has 0 aliphatic rings. The second kappa shape index (κ2) is 8.37. The van der Waals surface area contributed by atoms with E-state index in [4.69, 9.17) is 11.6 Å². The van der Waals surface area contributed by atoms with Gasteiger partial charge < -0.3 is 19.2 Å². The summed E-state index contributed by atoms with van der Waals surface area (Å²) in [5.41, 5.74) is -7.27. The van der Waals surface area contributed by atoms with Crippen LogP contribution >= 0.6 is 11.6 Å². The summed E-state index contributed by atoms with van der Waals surface area (Å²) in [6, 6.07) is 4.97. The van der Waals surface area contributed by atoms with Crippen LogP contribution in [-0.2, 0) is 17.1 Å². The van der Waals surface area contributed by atoms with Gasteiger partial charge in [-0.15, -0.1) is 0 Å². The van der Waals surface area contributed by atoms with E-state index in [9.17, 15) is 40.6 Å². The summed E-state index contributed by atoms with van der Waals surface area (Å²) in [5.74, 6) is -1.94. The number of alkyl halides is 7. The molecule has 2 aromatic heterocycles. The summed E-state index contributed by atoms with van der Waals surface area (Å²) in [6.45, 7) is -0.861. The largest absolute Gasteiger partial charge is 0.545 e. The van der Waals surface area contributed by atoms with Gasteiger partial charge in [0.05, 0.1) is 17.9 Å². The molecule has 0 saturated carbocycles. The standard InChI is InChI=1S/C19H13ClF7N3O3/c1-33-9-29-14(17(21,18(22,23)24)19(25,26)27)4-5-15(29)30-8-11(7-28-30)10-2-3-13(20)12(6-10)16(31)32/h2-8H,9H2,1H3,(H,31,32)/p-1. The number of carbonyl (C=O) groups excluding carboxylic acids is 1. The van der Waals surface area contributed by atoms with Crippen molar-refractivity contribution in [2.75, 3.05) is 7.11 Å². The molecule has 0 amide bonds. The number of hydrogen-bond acceptors (Lipinski definition) is 4. The van der Waals surface area contributed by atoms with E-state index in [-0.39, 0.29) is 27.5 Å². The Bertz CT molecular complexity index is 1170. The molecule has 14 heteroatoms. The summed E-state index contributed by atoms with van der Waals surface area (Å²) in [4.78, 5) is 11.2. The van der Waals surface area contributed by atoms with Crippen LogP contribution in [0.1, 0.15) is 16.1 Å². The molecule has 0 N–H and O–H groups in total.